The molecule has 2 aliphatic rings. The highest BCUT2D eigenvalue weighted by Gasteiger charge is 2.26. The summed E-state index contributed by atoms with van der Waals surface area (Å²) >= 11 is 1.28. The van der Waals surface area contributed by atoms with E-state index in [9.17, 15) is 15.2 Å². The van der Waals surface area contributed by atoms with Crippen molar-refractivity contribution in [2.75, 3.05) is 37.7 Å². The Balaban J connectivity index is 1.57. The van der Waals surface area contributed by atoms with E-state index in [-0.39, 0.29) is 18.1 Å². The number of nitrogens with one attached hydrogen (secondary N) is 1. The Hall–Kier alpha value is -2.81. The lowest BCUT2D eigenvalue weighted by atomic mass is 10.1. The lowest BCUT2D eigenvalue weighted by Gasteiger charge is -2.33. The van der Waals surface area contributed by atoms with Gasteiger partial charge in [0.2, 0.25) is 5.95 Å². The third kappa shape index (κ3) is 4.45. The second kappa shape index (κ2) is 9.82. The summed E-state index contributed by atoms with van der Waals surface area (Å²) in [7, 11) is 0. The van der Waals surface area contributed by atoms with Crippen LogP contribution in [0.4, 0.5) is 5.95 Å². The number of aliphatic hydroxyl groups excluding tert-OH is 1. The summed E-state index contributed by atoms with van der Waals surface area (Å²) in [6.07, 6.45) is 0.915. The zero-order chi connectivity index (χ0) is 23.7. The van der Waals surface area contributed by atoms with E-state index in [4.69, 9.17) is 15.5 Å². The van der Waals surface area contributed by atoms with E-state index in [1.165, 1.54) is 11.3 Å². The number of nitriles is 1. The third-order valence-electron chi connectivity index (χ3n) is 6.49. The van der Waals surface area contributed by atoms with Gasteiger partial charge in [0, 0.05) is 42.5 Å². The fourth-order valence-corrected chi connectivity index (χ4v) is 5.48. The Kier molecular flexibility index (Phi) is 6.63. The lowest BCUT2D eigenvalue weighted by molar-refractivity contribution is -0.0368. The molecular formula is C24H28N6O3S. The second-order valence-electron chi connectivity index (χ2n) is 9.00. The number of aromatic nitrogens is 2. The van der Waals surface area contributed by atoms with Crippen molar-refractivity contribution in [2.45, 2.75) is 31.7 Å². The van der Waals surface area contributed by atoms with Crippen molar-refractivity contribution in [1.82, 2.24) is 14.9 Å². The number of rotatable bonds is 7. The molecule has 2 aromatic heterocycles. The Morgan fingerprint density at radius 1 is 1.38 bits per heavy atom. The number of nitrogens with zero attached hydrogens (tertiary/aromatic N) is 4. The number of benzene rings is 1. The standard InChI is InChI=1S/C24H28N6O3S/c25-8-16-4-1-2-5-17(16)10-30-23(32)21-20(28-24(30)29-7-3-6-18(26)11-29)19(14-34-21)22(31)27-9-15-12-33-13-15/h1-2,4-5,14-15,18,22,27,31H,3,6-7,9-13,26H2/t18-,22?/m1/s1. The molecule has 4 N–H and O–H groups in total. The molecule has 2 fully saturated rings. The Bertz CT molecular complexity index is 1280. The van der Waals surface area contributed by atoms with E-state index < -0.39 is 6.23 Å². The molecule has 0 saturated carbocycles. The summed E-state index contributed by atoms with van der Waals surface area (Å²) in [6.45, 7) is 3.59. The van der Waals surface area contributed by atoms with Crippen molar-refractivity contribution in [1.29, 1.82) is 5.26 Å². The molecule has 9 nitrogen and oxygen atoms in total. The van der Waals surface area contributed by atoms with Crippen LogP contribution >= 0.6 is 11.3 Å². The molecular weight excluding hydrogens is 452 g/mol. The smallest absolute Gasteiger partial charge is 0.273 e. The van der Waals surface area contributed by atoms with E-state index in [2.05, 4.69) is 16.3 Å². The van der Waals surface area contributed by atoms with Gasteiger partial charge in [-0.05, 0) is 24.5 Å². The van der Waals surface area contributed by atoms with Crippen LogP contribution in [-0.4, -0.2) is 53.5 Å². The molecule has 3 aromatic rings. The van der Waals surface area contributed by atoms with Crippen LogP contribution in [0.5, 0.6) is 0 Å². The minimum absolute atomic E-state index is 0.0000847. The molecule has 4 heterocycles. The zero-order valence-corrected chi connectivity index (χ0v) is 19.6. The van der Waals surface area contributed by atoms with Gasteiger partial charge in [0.15, 0.2) is 0 Å². The number of hydrogen-bond acceptors (Lipinski definition) is 9. The zero-order valence-electron chi connectivity index (χ0n) is 18.8. The van der Waals surface area contributed by atoms with Crippen molar-refractivity contribution >= 4 is 27.5 Å². The molecule has 0 aliphatic carbocycles. The fourth-order valence-electron chi connectivity index (χ4n) is 4.50. The maximum absolute atomic E-state index is 13.7. The van der Waals surface area contributed by atoms with Gasteiger partial charge in [-0.15, -0.1) is 11.3 Å². The average molecular weight is 481 g/mol. The molecule has 0 bridgehead atoms. The molecule has 10 heteroatoms. The number of aliphatic hydroxyl groups is 1. The van der Waals surface area contributed by atoms with Gasteiger partial charge in [-0.3, -0.25) is 14.7 Å². The SMILES string of the molecule is N#Cc1ccccc1Cn1c(N2CCC[C@@H](N)C2)nc2c(C(O)NCC3COC3)csc2c1=O. The quantitative estimate of drug-likeness (QED) is 0.434. The maximum Gasteiger partial charge on any atom is 0.273 e. The molecule has 1 unspecified atom stereocenters. The Labute approximate surface area is 201 Å². The summed E-state index contributed by atoms with van der Waals surface area (Å²) in [4.78, 5) is 20.7. The van der Waals surface area contributed by atoms with Gasteiger partial charge in [-0.2, -0.15) is 5.26 Å². The van der Waals surface area contributed by atoms with Crippen molar-refractivity contribution in [3.63, 3.8) is 0 Å². The van der Waals surface area contributed by atoms with Crippen LogP contribution < -0.4 is 21.5 Å². The molecule has 2 atom stereocenters. The third-order valence-corrected chi connectivity index (χ3v) is 7.47. The summed E-state index contributed by atoms with van der Waals surface area (Å²) in [5.74, 6) is 0.912. The predicted octanol–water partition coefficient (Wildman–Crippen LogP) is 1.53. The number of thiophene rings is 1. The van der Waals surface area contributed by atoms with Gasteiger partial charge in [-0.25, -0.2) is 4.98 Å². The lowest BCUT2D eigenvalue weighted by Crippen LogP contribution is -2.45. The van der Waals surface area contributed by atoms with Crippen LogP contribution in [0.1, 0.15) is 35.8 Å². The van der Waals surface area contributed by atoms with E-state index in [1.54, 1.807) is 16.0 Å². The summed E-state index contributed by atoms with van der Waals surface area (Å²) < 4.78 is 7.33. The minimum atomic E-state index is -0.923. The molecule has 1 aromatic carbocycles. The molecule has 178 valence electrons. The van der Waals surface area contributed by atoms with Gasteiger partial charge in [-0.1, -0.05) is 18.2 Å². The number of ether oxygens (including phenoxy) is 1. The van der Waals surface area contributed by atoms with E-state index in [1.807, 2.05) is 18.2 Å². The van der Waals surface area contributed by atoms with Crippen molar-refractivity contribution in [2.24, 2.45) is 11.7 Å². The monoisotopic (exact) mass is 480 g/mol. The number of piperidine rings is 1. The van der Waals surface area contributed by atoms with Crippen LogP contribution in [0.25, 0.3) is 10.2 Å². The first kappa shape index (κ1) is 23.0. The van der Waals surface area contributed by atoms with Gasteiger partial charge in [0.25, 0.3) is 5.56 Å². The van der Waals surface area contributed by atoms with Gasteiger partial charge >= 0.3 is 0 Å². The number of anilines is 1. The second-order valence-corrected chi connectivity index (χ2v) is 9.88. The van der Waals surface area contributed by atoms with Crippen molar-refractivity contribution in [3.05, 3.63) is 56.7 Å². The molecule has 0 amide bonds. The maximum atomic E-state index is 13.7. The number of nitrogens with two attached hydrogens (primary N) is 1. The molecule has 5 rings (SSSR count). The van der Waals surface area contributed by atoms with Crippen LogP contribution in [0, 0.1) is 17.2 Å². The highest BCUT2D eigenvalue weighted by atomic mass is 32.1. The summed E-state index contributed by atoms with van der Waals surface area (Å²) in [5.41, 5.74) is 8.48. The van der Waals surface area contributed by atoms with Crippen LogP contribution in [0.3, 0.4) is 0 Å². The molecule has 2 aliphatic heterocycles. The number of hydrogen-bond donors (Lipinski definition) is 3. The van der Waals surface area contributed by atoms with E-state index in [0.29, 0.717) is 59.5 Å². The molecule has 34 heavy (non-hydrogen) atoms. The summed E-state index contributed by atoms with van der Waals surface area (Å²) in [5, 5.41) is 25.3. The van der Waals surface area contributed by atoms with Crippen molar-refractivity contribution < 1.29 is 9.84 Å². The normalized spacial score (nSPS) is 19.7. The highest BCUT2D eigenvalue weighted by molar-refractivity contribution is 7.17. The van der Waals surface area contributed by atoms with E-state index in [0.717, 1.165) is 24.9 Å². The van der Waals surface area contributed by atoms with Gasteiger partial charge in [0.05, 0.1) is 36.9 Å². The van der Waals surface area contributed by atoms with E-state index >= 15 is 0 Å². The van der Waals surface area contributed by atoms with Crippen LogP contribution in [-0.2, 0) is 11.3 Å². The molecule has 0 radical (unpaired) electrons. The topological polar surface area (TPSA) is 129 Å². The summed E-state index contributed by atoms with van der Waals surface area (Å²) in [6, 6.07) is 9.50. The fraction of sp³-hybridized carbons (Fsp3) is 0.458. The number of fused-ring (bicyclic) bond motifs is 1. The molecule has 0 spiro atoms. The Morgan fingerprint density at radius 3 is 2.94 bits per heavy atom. The molecule has 2 saturated heterocycles. The average Bonchev–Trinajstić information content (AvgIpc) is 3.24. The largest absolute Gasteiger partial charge is 0.381 e. The van der Waals surface area contributed by atoms with Gasteiger partial charge in [0.1, 0.15) is 10.9 Å². The first-order chi connectivity index (χ1) is 16.5. The van der Waals surface area contributed by atoms with Gasteiger partial charge < -0.3 is 20.5 Å². The Morgan fingerprint density at radius 2 is 2.21 bits per heavy atom. The predicted molar refractivity (Wildman–Crippen MR) is 131 cm³/mol. The van der Waals surface area contributed by atoms with Crippen LogP contribution in [0.15, 0.2) is 34.4 Å². The minimum Gasteiger partial charge on any atom is -0.381 e. The van der Waals surface area contributed by atoms with Crippen LogP contribution in [0.2, 0.25) is 0 Å². The highest BCUT2D eigenvalue weighted by Crippen LogP contribution is 2.29. The first-order valence-corrected chi connectivity index (χ1v) is 12.4. The first-order valence-electron chi connectivity index (χ1n) is 11.5. The van der Waals surface area contributed by atoms with Crippen molar-refractivity contribution in [3.8, 4) is 6.07 Å².